The zero-order valence-electron chi connectivity index (χ0n) is 9.89. The van der Waals surface area contributed by atoms with Gasteiger partial charge in [0.15, 0.2) is 5.65 Å². The number of rotatable bonds is 3. The van der Waals surface area contributed by atoms with E-state index in [4.69, 9.17) is 22.2 Å². The summed E-state index contributed by atoms with van der Waals surface area (Å²) in [4.78, 5) is 8.26. The molecule has 0 bridgehead atoms. The van der Waals surface area contributed by atoms with Gasteiger partial charge in [-0.2, -0.15) is 15.1 Å². The largest absolute Gasteiger partial charge is 0.436 e. The molecule has 0 aliphatic rings. The summed E-state index contributed by atoms with van der Waals surface area (Å²) in [5.74, 6) is 6.32. The van der Waals surface area contributed by atoms with E-state index < -0.39 is 0 Å². The molecule has 0 spiro atoms. The second kappa shape index (κ2) is 5.23. The quantitative estimate of drug-likeness (QED) is 0.493. The number of halogens is 2. The Kier molecular flexibility index (Phi) is 3.43. The highest BCUT2D eigenvalue weighted by Crippen LogP contribution is 2.33. The van der Waals surface area contributed by atoms with Gasteiger partial charge in [-0.15, -0.1) is 0 Å². The van der Waals surface area contributed by atoms with Crippen molar-refractivity contribution in [2.45, 2.75) is 0 Å². The molecule has 0 fully saturated rings. The topological polar surface area (TPSA) is 102 Å². The molecule has 4 N–H and O–H groups in total. The molecule has 3 aromatic rings. The lowest BCUT2D eigenvalue weighted by Gasteiger charge is -2.08. The average molecular weight is 356 g/mol. The van der Waals surface area contributed by atoms with Gasteiger partial charge in [-0.05, 0) is 18.2 Å². The first-order valence-electron chi connectivity index (χ1n) is 5.48. The molecule has 102 valence electrons. The van der Waals surface area contributed by atoms with Gasteiger partial charge in [0.05, 0.1) is 11.2 Å². The van der Waals surface area contributed by atoms with Gasteiger partial charge >= 0.3 is 0 Å². The fourth-order valence-corrected chi connectivity index (χ4v) is 2.32. The Morgan fingerprint density at radius 3 is 2.95 bits per heavy atom. The van der Waals surface area contributed by atoms with Gasteiger partial charge < -0.3 is 4.74 Å². The number of hydrogen-bond acceptors (Lipinski definition) is 6. The minimum atomic E-state index is 0.213. The molecule has 3 rings (SSSR count). The smallest absolute Gasteiger partial charge is 0.242 e. The van der Waals surface area contributed by atoms with E-state index in [2.05, 4.69) is 41.5 Å². The van der Waals surface area contributed by atoms with Crippen molar-refractivity contribution in [2.75, 3.05) is 5.43 Å². The third-order valence-corrected chi connectivity index (χ3v) is 3.29. The second-order valence-electron chi connectivity index (χ2n) is 3.81. The molecule has 0 amide bonds. The molecule has 0 aliphatic heterocycles. The third-order valence-electron chi connectivity index (χ3n) is 2.50. The summed E-state index contributed by atoms with van der Waals surface area (Å²) in [6.07, 6.45) is 1.57. The highest BCUT2D eigenvalue weighted by molar-refractivity contribution is 9.10. The van der Waals surface area contributed by atoms with Crippen molar-refractivity contribution in [1.82, 2.24) is 20.2 Å². The zero-order chi connectivity index (χ0) is 14.1. The molecule has 0 saturated carbocycles. The van der Waals surface area contributed by atoms with E-state index in [0.29, 0.717) is 27.7 Å². The number of nitrogen functional groups attached to an aromatic ring is 1. The van der Waals surface area contributed by atoms with Gasteiger partial charge in [0, 0.05) is 4.47 Å². The molecule has 1 aromatic carbocycles. The van der Waals surface area contributed by atoms with Crippen molar-refractivity contribution in [3.05, 3.63) is 33.9 Å². The summed E-state index contributed by atoms with van der Waals surface area (Å²) >= 11 is 9.45. The van der Waals surface area contributed by atoms with Crippen LogP contribution in [0.3, 0.4) is 0 Å². The first-order chi connectivity index (χ1) is 9.67. The van der Waals surface area contributed by atoms with Crippen LogP contribution in [0, 0.1) is 0 Å². The van der Waals surface area contributed by atoms with E-state index in [1.165, 1.54) is 0 Å². The third kappa shape index (κ3) is 2.40. The van der Waals surface area contributed by atoms with Crippen LogP contribution in [0.25, 0.3) is 11.0 Å². The Balaban J connectivity index is 2.07. The van der Waals surface area contributed by atoms with E-state index in [9.17, 15) is 0 Å². The van der Waals surface area contributed by atoms with Crippen LogP contribution in [0.5, 0.6) is 11.6 Å². The summed E-state index contributed by atoms with van der Waals surface area (Å²) in [5, 5.41) is 7.71. The highest BCUT2D eigenvalue weighted by atomic mass is 79.9. The average Bonchev–Trinajstić information content (AvgIpc) is 2.90. The van der Waals surface area contributed by atoms with E-state index in [-0.39, 0.29) is 5.95 Å². The maximum absolute atomic E-state index is 6.12. The number of nitrogens with one attached hydrogen (secondary N) is 2. The lowest BCUT2D eigenvalue weighted by molar-refractivity contribution is 0.469. The predicted molar refractivity (Wildman–Crippen MR) is 78.7 cm³/mol. The van der Waals surface area contributed by atoms with Crippen LogP contribution in [-0.4, -0.2) is 20.2 Å². The summed E-state index contributed by atoms with van der Waals surface area (Å²) in [6.45, 7) is 0. The molecule has 0 atom stereocenters. The Labute approximate surface area is 126 Å². The zero-order valence-corrected chi connectivity index (χ0v) is 12.2. The molecule has 20 heavy (non-hydrogen) atoms. The molecular formula is C11H8BrClN6O. The van der Waals surface area contributed by atoms with Crippen LogP contribution in [0.15, 0.2) is 28.9 Å². The lowest BCUT2D eigenvalue weighted by atomic mass is 10.3. The predicted octanol–water partition coefficient (Wildman–Crippen LogP) is 2.85. The van der Waals surface area contributed by atoms with E-state index in [1.807, 2.05) is 6.07 Å². The van der Waals surface area contributed by atoms with E-state index in [0.717, 1.165) is 4.47 Å². The minimum absolute atomic E-state index is 0.213. The highest BCUT2D eigenvalue weighted by Gasteiger charge is 2.13. The number of anilines is 1. The SMILES string of the molecule is NNc1nc(Oc2ccc(Br)cc2Cl)c2cn[nH]c2n1. The number of hydrogen-bond donors (Lipinski definition) is 3. The second-order valence-corrected chi connectivity index (χ2v) is 5.13. The molecule has 0 radical (unpaired) electrons. The first kappa shape index (κ1) is 13.1. The number of hydrazine groups is 1. The van der Waals surface area contributed by atoms with Crippen LogP contribution >= 0.6 is 27.5 Å². The monoisotopic (exact) mass is 354 g/mol. The molecule has 0 aliphatic carbocycles. The number of benzene rings is 1. The van der Waals surface area contributed by atoms with Gasteiger partial charge in [-0.3, -0.25) is 10.5 Å². The number of ether oxygens (including phenoxy) is 1. The minimum Gasteiger partial charge on any atom is -0.436 e. The Bertz CT molecular complexity index is 777. The van der Waals surface area contributed by atoms with Crippen molar-refractivity contribution in [3.63, 3.8) is 0 Å². The maximum Gasteiger partial charge on any atom is 0.242 e. The summed E-state index contributed by atoms with van der Waals surface area (Å²) in [6, 6.07) is 5.28. The number of fused-ring (bicyclic) bond motifs is 1. The molecular weight excluding hydrogens is 348 g/mol. The van der Waals surface area contributed by atoms with Gasteiger partial charge in [0.1, 0.15) is 11.1 Å². The van der Waals surface area contributed by atoms with Crippen molar-refractivity contribution >= 4 is 44.5 Å². The number of nitrogens with zero attached hydrogens (tertiary/aromatic N) is 3. The van der Waals surface area contributed by atoms with Crippen molar-refractivity contribution in [2.24, 2.45) is 5.84 Å². The van der Waals surface area contributed by atoms with Crippen LogP contribution in [0.2, 0.25) is 5.02 Å². The molecule has 2 aromatic heterocycles. The van der Waals surface area contributed by atoms with Gasteiger partial charge in [0.25, 0.3) is 0 Å². The normalized spacial score (nSPS) is 10.8. The number of aromatic nitrogens is 4. The lowest BCUT2D eigenvalue weighted by Crippen LogP contribution is -2.10. The van der Waals surface area contributed by atoms with E-state index >= 15 is 0 Å². The molecule has 2 heterocycles. The Morgan fingerprint density at radius 2 is 2.20 bits per heavy atom. The first-order valence-corrected chi connectivity index (χ1v) is 6.65. The molecule has 0 unspecified atom stereocenters. The van der Waals surface area contributed by atoms with Crippen molar-refractivity contribution in [3.8, 4) is 11.6 Å². The Morgan fingerprint density at radius 1 is 1.35 bits per heavy atom. The maximum atomic E-state index is 6.12. The Hall–Kier alpha value is -1.90. The molecule has 9 heteroatoms. The van der Waals surface area contributed by atoms with Gasteiger partial charge in [-0.1, -0.05) is 27.5 Å². The van der Waals surface area contributed by atoms with Gasteiger partial charge in [0.2, 0.25) is 11.8 Å². The van der Waals surface area contributed by atoms with E-state index in [1.54, 1.807) is 18.3 Å². The molecule has 0 saturated heterocycles. The number of H-pyrrole nitrogens is 1. The van der Waals surface area contributed by atoms with Crippen molar-refractivity contribution in [1.29, 1.82) is 0 Å². The standard InChI is InChI=1S/C11H8BrClN6O/c12-5-1-2-8(7(13)3-5)20-10-6-4-15-19-9(6)16-11(17-10)18-14/h1-4H,14H2,(H2,15,16,17,18,19). The van der Waals surface area contributed by atoms with Crippen LogP contribution < -0.4 is 16.0 Å². The number of nitrogens with two attached hydrogens (primary N) is 1. The fourth-order valence-electron chi connectivity index (χ4n) is 1.61. The molecule has 7 nitrogen and oxygen atoms in total. The van der Waals surface area contributed by atoms with Crippen LogP contribution in [-0.2, 0) is 0 Å². The summed E-state index contributed by atoms with van der Waals surface area (Å²) < 4.78 is 6.58. The van der Waals surface area contributed by atoms with Gasteiger partial charge in [-0.25, -0.2) is 5.84 Å². The summed E-state index contributed by atoms with van der Waals surface area (Å²) in [7, 11) is 0. The fraction of sp³-hybridized carbons (Fsp3) is 0. The van der Waals surface area contributed by atoms with Crippen LogP contribution in [0.4, 0.5) is 5.95 Å². The summed E-state index contributed by atoms with van der Waals surface area (Å²) in [5.41, 5.74) is 2.88. The number of aromatic amines is 1. The van der Waals surface area contributed by atoms with Crippen molar-refractivity contribution < 1.29 is 4.74 Å². The van der Waals surface area contributed by atoms with Crippen LogP contribution in [0.1, 0.15) is 0 Å².